The van der Waals surface area contributed by atoms with Gasteiger partial charge in [0.25, 0.3) is 0 Å². The number of ether oxygens (including phenoxy) is 2. The molecule has 0 bridgehead atoms. The first-order valence-corrected chi connectivity index (χ1v) is 12.1. The van der Waals surface area contributed by atoms with Gasteiger partial charge < -0.3 is 14.0 Å². The summed E-state index contributed by atoms with van der Waals surface area (Å²) in [6, 6.07) is 18.7. The predicted molar refractivity (Wildman–Crippen MR) is 135 cm³/mol. The van der Waals surface area contributed by atoms with E-state index in [0.29, 0.717) is 12.6 Å². The average molecular weight is 459 g/mol. The van der Waals surface area contributed by atoms with Crippen molar-refractivity contribution in [3.05, 3.63) is 78.1 Å². The lowest BCUT2D eigenvalue weighted by Crippen LogP contribution is -2.22. The molecule has 0 atom stereocenters. The summed E-state index contributed by atoms with van der Waals surface area (Å²) in [5, 5.41) is 0. The third kappa shape index (κ3) is 6.60. The predicted octanol–water partition coefficient (Wildman–Crippen LogP) is 6.99. The van der Waals surface area contributed by atoms with E-state index in [9.17, 15) is 4.79 Å². The van der Waals surface area contributed by atoms with Crippen LogP contribution in [0.3, 0.4) is 0 Å². The number of rotatable bonds is 7. The maximum atomic E-state index is 12.1. The number of aromatic nitrogens is 2. The summed E-state index contributed by atoms with van der Waals surface area (Å²) >= 11 is 0. The van der Waals surface area contributed by atoms with Gasteiger partial charge in [0.05, 0.1) is 5.69 Å². The Morgan fingerprint density at radius 1 is 1.03 bits per heavy atom. The molecule has 1 aliphatic rings. The highest BCUT2D eigenvalue weighted by Gasteiger charge is 2.20. The Kier molecular flexibility index (Phi) is 7.51. The lowest BCUT2D eigenvalue weighted by molar-refractivity contribution is -0.148. The van der Waals surface area contributed by atoms with Crippen molar-refractivity contribution in [2.45, 2.75) is 71.1 Å². The van der Waals surface area contributed by atoms with Gasteiger partial charge >= 0.3 is 5.97 Å². The minimum absolute atomic E-state index is 0.360. The Balaban J connectivity index is 1.53. The first-order valence-electron chi connectivity index (χ1n) is 12.1. The van der Waals surface area contributed by atoms with Crippen LogP contribution in [0, 0.1) is 0 Å². The monoisotopic (exact) mass is 458 g/mol. The van der Waals surface area contributed by atoms with E-state index in [1.54, 1.807) is 6.08 Å². The van der Waals surface area contributed by atoms with Crippen molar-refractivity contribution in [3.63, 3.8) is 0 Å². The maximum absolute atomic E-state index is 12.1. The zero-order chi connectivity index (χ0) is 24.0. The number of carbonyl (C=O) groups is 1. The van der Waals surface area contributed by atoms with E-state index in [1.165, 1.54) is 25.3 Å². The molecule has 2 aromatic carbocycles. The zero-order valence-electron chi connectivity index (χ0n) is 20.4. The third-order valence-corrected chi connectivity index (χ3v) is 5.88. The molecule has 1 saturated carbocycles. The lowest BCUT2D eigenvalue weighted by atomic mass is 9.95. The fraction of sp³-hybridized carbons (Fsp3) is 0.379. The molecular formula is C29H34N2O3. The fourth-order valence-corrected chi connectivity index (χ4v) is 4.27. The van der Waals surface area contributed by atoms with Crippen LogP contribution in [-0.4, -0.2) is 21.1 Å². The lowest BCUT2D eigenvalue weighted by Gasteiger charge is -2.24. The van der Waals surface area contributed by atoms with Gasteiger partial charge in [-0.2, -0.15) is 0 Å². The molecule has 1 fully saturated rings. The second-order valence-corrected chi connectivity index (χ2v) is 9.85. The van der Waals surface area contributed by atoms with E-state index in [-0.39, 0.29) is 5.97 Å². The molecule has 0 spiro atoms. The molecule has 1 aliphatic carbocycles. The van der Waals surface area contributed by atoms with Gasteiger partial charge in [0.15, 0.2) is 0 Å². The summed E-state index contributed by atoms with van der Waals surface area (Å²) in [7, 11) is 0. The fourth-order valence-electron chi connectivity index (χ4n) is 4.27. The topological polar surface area (TPSA) is 53.4 Å². The number of esters is 1. The Morgan fingerprint density at radius 2 is 1.74 bits per heavy atom. The quantitative estimate of drug-likeness (QED) is 0.283. The van der Waals surface area contributed by atoms with E-state index in [1.807, 2.05) is 51.1 Å². The number of hydrogen-bond donors (Lipinski definition) is 0. The molecule has 0 radical (unpaired) electrons. The number of benzene rings is 2. The smallest absolute Gasteiger partial charge is 0.331 e. The molecular weight excluding hydrogens is 424 g/mol. The molecule has 1 heterocycles. The van der Waals surface area contributed by atoms with E-state index in [4.69, 9.17) is 14.5 Å². The van der Waals surface area contributed by atoms with Crippen molar-refractivity contribution in [1.29, 1.82) is 0 Å². The van der Waals surface area contributed by atoms with Crippen LogP contribution >= 0.6 is 0 Å². The van der Waals surface area contributed by atoms with E-state index >= 15 is 0 Å². The Bertz CT molecular complexity index is 1100. The van der Waals surface area contributed by atoms with Gasteiger partial charge in [-0.3, -0.25) is 0 Å². The highest BCUT2D eigenvalue weighted by molar-refractivity contribution is 5.87. The first kappa shape index (κ1) is 23.8. The molecule has 178 valence electrons. The molecule has 4 rings (SSSR count). The second kappa shape index (κ2) is 10.7. The average Bonchev–Trinajstić information content (AvgIpc) is 3.26. The standard InChI is InChI=1S/C29H34N2O3/c1-29(2,3)34-27(32)19-16-24-20-31(25-12-8-5-9-13-25)28(30-24)23-14-17-26(18-15-23)33-21-22-10-6-4-7-11-22/h4,6-7,10-11,14-20,25H,5,8-9,12-13,21H2,1-3H3. The van der Waals surface area contributed by atoms with Crippen molar-refractivity contribution >= 4 is 12.0 Å². The summed E-state index contributed by atoms with van der Waals surface area (Å²) in [6.45, 7) is 6.13. The number of imidazole rings is 1. The second-order valence-electron chi connectivity index (χ2n) is 9.85. The molecule has 0 saturated heterocycles. The van der Waals surface area contributed by atoms with Crippen LogP contribution in [0.2, 0.25) is 0 Å². The van der Waals surface area contributed by atoms with Crippen LogP contribution in [0.4, 0.5) is 0 Å². The largest absolute Gasteiger partial charge is 0.489 e. The van der Waals surface area contributed by atoms with Crippen LogP contribution in [0.15, 0.2) is 66.9 Å². The van der Waals surface area contributed by atoms with Gasteiger partial charge in [-0.25, -0.2) is 9.78 Å². The van der Waals surface area contributed by atoms with Gasteiger partial charge in [-0.1, -0.05) is 49.6 Å². The van der Waals surface area contributed by atoms with Crippen LogP contribution < -0.4 is 4.74 Å². The van der Waals surface area contributed by atoms with Crippen LogP contribution in [0.1, 0.15) is 70.2 Å². The molecule has 1 aromatic heterocycles. The molecule has 5 nitrogen and oxygen atoms in total. The third-order valence-electron chi connectivity index (χ3n) is 5.88. The molecule has 0 amide bonds. The van der Waals surface area contributed by atoms with E-state index in [0.717, 1.165) is 41.2 Å². The summed E-state index contributed by atoms with van der Waals surface area (Å²) in [5.41, 5.74) is 2.42. The molecule has 0 aliphatic heterocycles. The molecule has 0 unspecified atom stereocenters. The van der Waals surface area contributed by atoms with Crippen molar-refractivity contribution in [1.82, 2.24) is 9.55 Å². The molecule has 5 heteroatoms. The van der Waals surface area contributed by atoms with Crippen molar-refractivity contribution in [3.8, 4) is 17.1 Å². The van der Waals surface area contributed by atoms with Gasteiger partial charge in [0, 0.05) is 23.9 Å². The van der Waals surface area contributed by atoms with Gasteiger partial charge in [0.2, 0.25) is 0 Å². The van der Waals surface area contributed by atoms with Crippen LogP contribution in [0.5, 0.6) is 5.75 Å². The summed E-state index contributed by atoms with van der Waals surface area (Å²) in [6.07, 6.45) is 11.3. The highest BCUT2D eigenvalue weighted by atomic mass is 16.6. The first-order chi connectivity index (χ1) is 16.4. The Hall–Kier alpha value is -3.34. The van der Waals surface area contributed by atoms with E-state index < -0.39 is 5.60 Å². The molecule has 34 heavy (non-hydrogen) atoms. The number of carbonyl (C=O) groups excluding carboxylic acids is 1. The zero-order valence-corrected chi connectivity index (χ0v) is 20.4. The number of nitrogens with zero attached hydrogens (tertiary/aromatic N) is 2. The minimum atomic E-state index is -0.516. The SMILES string of the molecule is CC(C)(C)OC(=O)C=Cc1cn(C2CCCCC2)c(-c2ccc(OCc3ccccc3)cc2)n1. The van der Waals surface area contributed by atoms with E-state index in [2.05, 4.69) is 35.0 Å². The van der Waals surface area contributed by atoms with Crippen LogP contribution in [-0.2, 0) is 16.1 Å². The Morgan fingerprint density at radius 3 is 2.41 bits per heavy atom. The van der Waals surface area contributed by atoms with Crippen molar-refractivity contribution in [2.24, 2.45) is 0 Å². The summed E-state index contributed by atoms with van der Waals surface area (Å²) in [4.78, 5) is 17.0. The Labute approximate surface area is 202 Å². The highest BCUT2D eigenvalue weighted by Crippen LogP contribution is 2.33. The minimum Gasteiger partial charge on any atom is -0.489 e. The summed E-state index contributed by atoms with van der Waals surface area (Å²) in [5.74, 6) is 1.39. The number of hydrogen-bond acceptors (Lipinski definition) is 4. The van der Waals surface area contributed by atoms with Gasteiger partial charge in [-0.15, -0.1) is 0 Å². The van der Waals surface area contributed by atoms with Crippen molar-refractivity contribution < 1.29 is 14.3 Å². The molecule has 3 aromatic rings. The normalized spacial score (nSPS) is 14.9. The van der Waals surface area contributed by atoms with Gasteiger partial charge in [0.1, 0.15) is 23.8 Å². The van der Waals surface area contributed by atoms with Crippen molar-refractivity contribution in [2.75, 3.05) is 0 Å². The molecule has 0 N–H and O–H groups in total. The summed E-state index contributed by atoms with van der Waals surface area (Å²) < 4.78 is 13.6. The maximum Gasteiger partial charge on any atom is 0.331 e. The van der Waals surface area contributed by atoms with Crippen LogP contribution in [0.25, 0.3) is 17.5 Å². The van der Waals surface area contributed by atoms with Gasteiger partial charge in [-0.05, 0) is 69.5 Å².